The van der Waals surface area contributed by atoms with Gasteiger partial charge in [0.2, 0.25) is 5.79 Å². The van der Waals surface area contributed by atoms with Gasteiger partial charge >= 0.3 is 0 Å². The van der Waals surface area contributed by atoms with Gasteiger partial charge in [-0.3, -0.25) is 4.21 Å². The van der Waals surface area contributed by atoms with Gasteiger partial charge in [-0.15, -0.1) is 0 Å². The van der Waals surface area contributed by atoms with Crippen LogP contribution in [0.3, 0.4) is 0 Å². The van der Waals surface area contributed by atoms with E-state index in [4.69, 9.17) is 28.4 Å². The molecule has 0 amide bonds. The first-order valence-corrected chi connectivity index (χ1v) is 12.1. The molecule has 3 aliphatic heterocycles. The number of hydrogen-bond acceptors (Lipinski definition) is 7. The number of hydrogen-bond donors (Lipinski definition) is 0. The maximum absolute atomic E-state index is 12.7. The number of fused-ring (bicyclic) bond motifs is 3. The molecular formula is C24H28O7S. The summed E-state index contributed by atoms with van der Waals surface area (Å²) >= 11 is 0. The van der Waals surface area contributed by atoms with Crippen molar-refractivity contribution in [3.05, 3.63) is 66.2 Å². The van der Waals surface area contributed by atoms with E-state index in [9.17, 15) is 4.21 Å². The lowest BCUT2D eigenvalue weighted by Crippen LogP contribution is -2.49. The molecule has 8 heteroatoms. The van der Waals surface area contributed by atoms with Crippen LogP contribution in [0, 0.1) is 0 Å². The molecule has 0 spiro atoms. The molecule has 32 heavy (non-hydrogen) atoms. The molecule has 172 valence electrons. The minimum atomic E-state index is -1.23. The molecule has 0 aromatic heterocycles. The predicted octanol–water partition coefficient (Wildman–Crippen LogP) is 3.00. The monoisotopic (exact) mass is 460 g/mol. The summed E-state index contributed by atoms with van der Waals surface area (Å²) in [5.41, 5.74) is 1.07. The topological polar surface area (TPSA) is 72.5 Å². The van der Waals surface area contributed by atoms with Crippen molar-refractivity contribution in [2.45, 2.75) is 61.5 Å². The minimum Gasteiger partial charge on any atom is -0.371 e. The summed E-state index contributed by atoms with van der Waals surface area (Å²) in [5, 5.41) is 0. The Morgan fingerprint density at radius 2 is 1.75 bits per heavy atom. The van der Waals surface area contributed by atoms with Crippen molar-refractivity contribution in [3.63, 3.8) is 0 Å². The summed E-state index contributed by atoms with van der Waals surface area (Å²) in [6, 6.07) is 19.2. The molecule has 0 saturated carbocycles. The van der Waals surface area contributed by atoms with E-state index in [1.165, 1.54) is 0 Å². The minimum absolute atomic E-state index is 0.201. The van der Waals surface area contributed by atoms with E-state index in [2.05, 4.69) is 0 Å². The van der Waals surface area contributed by atoms with Gasteiger partial charge in [0.25, 0.3) is 0 Å². The Hall–Kier alpha value is -1.65. The van der Waals surface area contributed by atoms with Crippen molar-refractivity contribution in [3.8, 4) is 0 Å². The van der Waals surface area contributed by atoms with Crippen LogP contribution in [-0.2, 0) is 45.8 Å². The molecule has 2 aromatic rings. The summed E-state index contributed by atoms with van der Waals surface area (Å²) in [4.78, 5) is 0.745. The van der Waals surface area contributed by atoms with Crippen molar-refractivity contribution in [1.82, 2.24) is 0 Å². The maximum Gasteiger partial charge on any atom is 0.224 e. The molecule has 7 nitrogen and oxygen atoms in total. The van der Waals surface area contributed by atoms with E-state index in [-0.39, 0.29) is 18.5 Å². The van der Waals surface area contributed by atoms with Crippen LogP contribution in [-0.4, -0.2) is 59.4 Å². The zero-order valence-corrected chi connectivity index (χ0v) is 19.0. The van der Waals surface area contributed by atoms with Gasteiger partial charge in [-0.1, -0.05) is 48.5 Å². The van der Waals surface area contributed by atoms with Crippen LogP contribution in [0.4, 0.5) is 0 Å². The molecule has 0 N–H and O–H groups in total. The van der Waals surface area contributed by atoms with Crippen LogP contribution in [0.25, 0.3) is 0 Å². The second-order valence-electron chi connectivity index (χ2n) is 8.68. The van der Waals surface area contributed by atoms with Gasteiger partial charge in [-0.05, 0) is 31.5 Å². The standard InChI is InChI=1S/C24H28O7S/c1-23(2)30-22-21-19(14-27-20(28-21)15-32(25)18-11-7-4-8-12-18)29-24(22,31-23)16-26-13-17-9-5-3-6-10-17/h3-12,19-22H,13-16H2,1-2H3/t19-,20?,21+,22-,24-,32?/m0/s1. The molecule has 3 saturated heterocycles. The average molecular weight is 461 g/mol. The fraction of sp³-hybridized carbons (Fsp3) is 0.500. The molecule has 2 unspecified atom stereocenters. The highest BCUT2D eigenvalue weighted by molar-refractivity contribution is 7.85. The van der Waals surface area contributed by atoms with E-state index in [0.29, 0.717) is 13.2 Å². The van der Waals surface area contributed by atoms with Crippen molar-refractivity contribution >= 4 is 10.8 Å². The quantitative estimate of drug-likeness (QED) is 0.629. The second-order valence-corrected chi connectivity index (χ2v) is 10.2. The highest BCUT2D eigenvalue weighted by atomic mass is 32.2. The summed E-state index contributed by atoms with van der Waals surface area (Å²) in [6.45, 7) is 4.65. The smallest absolute Gasteiger partial charge is 0.224 e. The Bertz CT molecular complexity index is 938. The largest absolute Gasteiger partial charge is 0.371 e. The first-order chi connectivity index (χ1) is 15.4. The lowest BCUT2D eigenvalue weighted by Gasteiger charge is -2.34. The maximum atomic E-state index is 12.7. The molecular weight excluding hydrogens is 432 g/mol. The zero-order valence-electron chi connectivity index (χ0n) is 18.2. The molecule has 2 aromatic carbocycles. The summed E-state index contributed by atoms with van der Waals surface area (Å²) in [6.07, 6.45) is -1.84. The lowest BCUT2D eigenvalue weighted by molar-refractivity contribution is -0.305. The predicted molar refractivity (Wildman–Crippen MR) is 116 cm³/mol. The lowest BCUT2D eigenvalue weighted by atomic mass is 10.1. The zero-order chi connectivity index (χ0) is 22.2. The Morgan fingerprint density at radius 1 is 1.03 bits per heavy atom. The van der Waals surface area contributed by atoms with Crippen molar-refractivity contribution in [1.29, 1.82) is 0 Å². The molecule has 3 heterocycles. The fourth-order valence-electron chi connectivity index (χ4n) is 4.44. The van der Waals surface area contributed by atoms with Gasteiger partial charge < -0.3 is 28.4 Å². The van der Waals surface area contributed by atoms with E-state index in [0.717, 1.165) is 10.5 Å². The van der Waals surface area contributed by atoms with E-state index in [1.54, 1.807) is 0 Å². The third-order valence-electron chi connectivity index (χ3n) is 5.74. The average Bonchev–Trinajstić information content (AvgIpc) is 3.21. The Morgan fingerprint density at radius 3 is 2.50 bits per heavy atom. The number of rotatable bonds is 7. The van der Waals surface area contributed by atoms with Gasteiger partial charge in [0.15, 0.2) is 12.1 Å². The highest BCUT2D eigenvalue weighted by Gasteiger charge is 2.66. The number of ether oxygens (including phenoxy) is 6. The SMILES string of the molecule is CC1(C)O[C@H]2[C@@H]3OC(CS(=O)c4ccccc4)OC[C@@H]3O[C@@]2(COCc2ccccc2)O1. The Labute approximate surface area is 190 Å². The molecule has 6 atom stereocenters. The Balaban J connectivity index is 1.26. The third-order valence-corrected chi connectivity index (χ3v) is 7.12. The molecule has 3 fully saturated rings. The Kier molecular flexibility index (Phi) is 6.19. The van der Waals surface area contributed by atoms with Gasteiger partial charge in [0, 0.05) is 4.90 Å². The van der Waals surface area contributed by atoms with Crippen LogP contribution < -0.4 is 0 Å². The van der Waals surface area contributed by atoms with Crippen LogP contribution in [0.2, 0.25) is 0 Å². The van der Waals surface area contributed by atoms with Gasteiger partial charge in [0.1, 0.15) is 24.9 Å². The van der Waals surface area contributed by atoms with Crippen LogP contribution in [0.15, 0.2) is 65.6 Å². The second kappa shape index (κ2) is 8.95. The first-order valence-electron chi connectivity index (χ1n) is 10.8. The van der Waals surface area contributed by atoms with Crippen molar-refractivity contribution in [2.75, 3.05) is 19.0 Å². The van der Waals surface area contributed by atoms with Crippen molar-refractivity contribution in [2.24, 2.45) is 0 Å². The third kappa shape index (κ3) is 4.54. The van der Waals surface area contributed by atoms with Gasteiger partial charge in [-0.2, -0.15) is 0 Å². The van der Waals surface area contributed by atoms with Gasteiger partial charge in [0.05, 0.1) is 29.8 Å². The molecule has 0 aliphatic carbocycles. The van der Waals surface area contributed by atoms with Crippen LogP contribution in [0.5, 0.6) is 0 Å². The molecule has 0 bridgehead atoms. The summed E-state index contributed by atoms with van der Waals surface area (Å²) in [7, 11) is -1.23. The van der Waals surface area contributed by atoms with Crippen molar-refractivity contribution < 1.29 is 32.6 Å². The first kappa shape index (κ1) is 22.2. The van der Waals surface area contributed by atoms with Crippen LogP contribution >= 0.6 is 0 Å². The number of benzene rings is 2. The van der Waals surface area contributed by atoms with Gasteiger partial charge in [-0.25, -0.2) is 0 Å². The summed E-state index contributed by atoms with van der Waals surface area (Å²) < 4.78 is 49.4. The highest BCUT2D eigenvalue weighted by Crippen LogP contribution is 2.48. The van der Waals surface area contributed by atoms with E-state index in [1.807, 2.05) is 74.5 Å². The van der Waals surface area contributed by atoms with E-state index < -0.39 is 40.9 Å². The normalized spacial score (nSPS) is 34.1. The fourth-order valence-corrected chi connectivity index (χ4v) is 5.51. The molecule has 5 rings (SSSR count). The van der Waals surface area contributed by atoms with E-state index >= 15 is 0 Å². The molecule has 3 aliphatic rings. The van der Waals surface area contributed by atoms with Crippen LogP contribution in [0.1, 0.15) is 19.4 Å². The molecule has 0 radical (unpaired) electrons. The summed E-state index contributed by atoms with van der Waals surface area (Å²) in [5.74, 6) is -1.68.